The Labute approximate surface area is 98.5 Å². The van der Waals surface area contributed by atoms with E-state index in [-0.39, 0.29) is 6.61 Å². The van der Waals surface area contributed by atoms with E-state index in [0.717, 1.165) is 17.8 Å². The van der Waals surface area contributed by atoms with Gasteiger partial charge in [0.05, 0.1) is 33.2 Å². The number of methoxy groups -OCH3 is 1. The zero-order valence-electron chi connectivity index (χ0n) is 11.1. The largest absolute Gasteiger partial charge is 0.548 e. The number of carbonyl (C=O) groups is 1. The van der Waals surface area contributed by atoms with Gasteiger partial charge >= 0.3 is 0 Å². The molecule has 0 unspecified atom stereocenters. The third-order valence-electron chi connectivity index (χ3n) is 1.74. The molecule has 16 heavy (non-hydrogen) atoms. The van der Waals surface area contributed by atoms with Crippen LogP contribution < -0.4 is 5.11 Å². The maximum atomic E-state index is 9.36. The van der Waals surface area contributed by atoms with E-state index in [0.29, 0.717) is 0 Å². The fraction of sp³-hybridized carbons (Fsp3) is 0.909. The predicted molar refractivity (Wildman–Crippen MR) is 60.6 cm³/mol. The summed E-state index contributed by atoms with van der Waals surface area (Å²) >= 11 is 0. The number of carbonyl (C=O) groups excluding carboxylic acids is 1. The SMILES string of the molecule is CCC[N+](C)(C)COCC.COCC(=O)[O-]. The molecule has 0 aromatic heterocycles. The van der Waals surface area contributed by atoms with Crippen molar-refractivity contribution in [2.24, 2.45) is 0 Å². The normalized spacial score (nSPS) is 10.6. The van der Waals surface area contributed by atoms with Crippen molar-refractivity contribution in [1.29, 1.82) is 0 Å². The van der Waals surface area contributed by atoms with Gasteiger partial charge in [0.15, 0.2) is 6.73 Å². The van der Waals surface area contributed by atoms with Crippen LogP contribution in [0.5, 0.6) is 0 Å². The highest BCUT2D eigenvalue weighted by Gasteiger charge is 2.11. The van der Waals surface area contributed by atoms with Gasteiger partial charge in [-0.1, -0.05) is 6.92 Å². The molecule has 0 saturated heterocycles. The molecule has 0 aliphatic heterocycles. The molecule has 0 aromatic carbocycles. The van der Waals surface area contributed by atoms with Crippen LogP contribution in [0.1, 0.15) is 20.3 Å². The number of carboxylic acids is 1. The molecule has 0 N–H and O–H groups in total. The first-order valence-electron chi connectivity index (χ1n) is 5.48. The molecular formula is C11H25NO4. The Morgan fingerprint density at radius 3 is 2.12 bits per heavy atom. The van der Waals surface area contributed by atoms with E-state index in [1.807, 2.05) is 6.92 Å². The molecule has 5 heteroatoms. The first kappa shape index (κ1) is 17.7. The van der Waals surface area contributed by atoms with Crippen LogP contribution in [-0.2, 0) is 14.3 Å². The van der Waals surface area contributed by atoms with E-state index >= 15 is 0 Å². The molecule has 0 aliphatic carbocycles. The van der Waals surface area contributed by atoms with E-state index in [1.54, 1.807) is 0 Å². The van der Waals surface area contributed by atoms with Crippen molar-refractivity contribution in [3.05, 3.63) is 0 Å². The van der Waals surface area contributed by atoms with Crippen LogP contribution in [0.25, 0.3) is 0 Å². The van der Waals surface area contributed by atoms with Crippen molar-refractivity contribution < 1.29 is 23.9 Å². The van der Waals surface area contributed by atoms with Crippen LogP contribution in [-0.4, -0.2) is 58.1 Å². The molecule has 0 bridgehead atoms. The number of nitrogens with zero attached hydrogens (tertiary/aromatic N) is 1. The van der Waals surface area contributed by atoms with Gasteiger partial charge in [0.25, 0.3) is 0 Å². The zero-order chi connectivity index (χ0) is 13.0. The monoisotopic (exact) mass is 235 g/mol. The highest BCUT2D eigenvalue weighted by atomic mass is 16.5. The van der Waals surface area contributed by atoms with Gasteiger partial charge in [0, 0.05) is 13.7 Å². The summed E-state index contributed by atoms with van der Waals surface area (Å²) < 4.78 is 10.4. The van der Waals surface area contributed by atoms with E-state index < -0.39 is 5.97 Å². The average molecular weight is 235 g/mol. The Hall–Kier alpha value is -0.650. The molecular weight excluding hydrogens is 210 g/mol. The maximum absolute atomic E-state index is 9.36. The lowest BCUT2D eigenvalue weighted by Gasteiger charge is -2.28. The lowest BCUT2D eigenvalue weighted by atomic mass is 10.4. The van der Waals surface area contributed by atoms with Crippen molar-refractivity contribution in [3.8, 4) is 0 Å². The van der Waals surface area contributed by atoms with Gasteiger partial charge in [-0.15, -0.1) is 0 Å². The fourth-order valence-corrected chi connectivity index (χ4v) is 1.13. The van der Waals surface area contributed by atoms with E-state index in [1.165, 1.54) is 20.1 Å². The second-order valence-corrected chi connectivity index (χ2v) is 4.09. The van der Waals surface area contributed by atoms with Crippen LogP contribution in [0.3, 0.4) is 0 Å². The summed E-state index contributed by atoms with van der Waals surface area (Å²) in [6.07, 6.45) is 1.22. The molecule has 0 aliphatic rings. The Morgan fingerprint density at radius 1 is 1.31 bits per heavy atom. The van der Waals surface area contributed by atoms with Gasteiger partial charge in [0.1, 0.15) is 0 Å². The summed E-state index contributed by atoms with van der Waals surface area (Å²) in [7, 11) is 5.69. The average Bonchev–Trinajstić information content (AvgIpc) is 2.15. The molecule has 0 rings (SSSR count). The summed E-state index contributed by atoms with van der Waals surface area (Å²) in [5.41, 5.74) is 0. The van der Waals surface area contributed by atoms with Gasteiger partial charge in [-0.2, -0.15) is 0 Å². The second kappa shape index (κ2) is 10.9. The van der Waals surface area contributed by atoms with Gasteiger partial charge in [-0.25, -0.2) is 0 Å². The van der Waals surface area contributed by atoms with E-state index in [2.05, 4.69) is 25.8 Å². The summed E-state index contributed by atoms with van der Waals surface area (Å²) in [6.45, 7) is 6.77. The molecule has 0 saturated carbocycles. The quantitative estimate of drug-likeness (QED) is 0.455. The number of carboxylic acid groups (broad SMARTS) is 1. The van der Waals surface area contributed by atoms with Crippen molar-refractivity contribution in [2.75, 3.05) is 47.7 Å². The van der Waals surface area contributed by atoms with Crippen molar-refractivity contribution in [3.63, 3.8) is 0 Å². The van der Waals surface area contributed by atoms with Gasteiger partial charge < -0.3 is 23.9 Å². The summed E-state index contributed by atoms with van der Waals surface area (Å²) in [5.74, 6) is -1.18. The summed E-state index contributed by atoms with van der Waals surface area (Å²) in [6, 6.07) is 0. The van der Waals surface area contributed by atoms with Crippen molar-refractivity contribution >= 4 is 5.97 Å². The third-order valence-corrected chi connectivity index (χ3v) is 1.74. The molecule has 5 nitrogen and oxygen atoms in total. The number of ether oxygens (including phenoxy) is 2. The van der Waals surface area contributed by atoms with E-state index in [9.17, 15) is 9.90 Å². The molecule has 98 valence electrons. The Morgan fingerprint density at radius 2 is 1.88 bits per heavy atom. The molecule has 0 heterocycles. The fourth-order valence-electron chi connectivity index (χ4n) is 1.13. The number of aliphatic carboxylic acids is 1. The number of quaternary nitrogens is 1. The molecule has 0 spiro atoms. The maximum Gasteiger partial charge on any atom is 0.182 e. The Bertz CT molecular complexity index is 171. The highest BCUT2D eigenvalue weighted by Crippen LogP contribution is 1.98. The minimum absolute atomic E-state index is 0.319. The smallest absolute Gasteiger partial charge is 0.182 e. The minimum Gasteiger partial charge on any atom is -0.548 e. The van der Waals surface area contributed by atoms with E-state index in [4.69, 9.17) is 4.74 Å². The lowest BCUT2D eigenvalue weighted by Crippen LogP contribution is -2.42. The predicted octanol–water partition coefficient (Wildman–Crippen LogP) is -0.150. The Kier molecular flexibility index (Phi) is 12.0. The second-order valence-electron chi connectivity index (χ2n) is 4.09. The highest BCUT2D eigenvalue weighted by molar-refractivity contribution is 5.65. The van der Waals surface area contributed by atoms with Crippen LogP contribution in [0.2, 0.25) is 0 Å². The minimum atomic E-state index is -1.18. The summed E-state index contributed by atoms with van der Waals surface area (Å²) in [5, 5.41) is 9.36. The Balaban J connectivity index is 0. The zero-order valence-corrected chi connectivity index (χ0v) is 11.1. The van der Waals surface area contributed by atoms with Crippen LogP contribution >= 0.6 is 0 Å². The topological polar surface area (TPSA) is 58.6 Å². The molecule has 0 radical (unpaired) electrons. The van der Waals surface area contributed by atoms with Crippen LogP contribution in [0, 0.1) is 0 Å². The van der Waals surface area contributed by atoms with Crippen molar-refractivity contribution in [2.45, 2.75) is 20.3 Å². The first-order chi connectivity index (χ1) is 7.39. The molecule has 0 amide bonds. The lowest BCUT2D eigenvalue weighted by molar-refractivity contribution is -0.909. The van der Waals surface area contributed by atoms with Crippen LogP contribution in [0.4, 0.5) is 0 Å². The first-order valence-corrected chi connectivity index (χ1v) is 5.48. The number of rotatable bonds is 7. The molecule has 0 atom stereocenters. The van der Waals surface area contributed by atoms with Gasteiger partial charge in [0.2, 0.25) is 0 Å². The van der Waals surface area contributed by atoms with Gasteiger partial charge in [-0.3, -0.25) is 0 Å². The summed E-state index contributed by atoms with van der Waals surface area (Å²) in [4.78, 5) is 9.36. The molecule has 0 aromatic rings. The third kappa shape index (κ3) is 15.8. The number of hydrogen-bond acceptors (Lipinski definition) is 4. The van der Waals surface area contributed by atoms with Crippen molar-refractivity contribution in [1.82, 2.24) is 0 Å². The van der Waals surface area contributed by atoms with Crippen LogP contribution in [0.15, 0.2) is 0 Å². The molecule has 0 fully saturated rings. The standard InChI is InChI=1S/C8H20NO.C3H6O3/c1-5-7-9(3,4)8-10-6-2;1-6-2-3(4)5/h5-8H2,1-4H3;2H2,1H3,(H,4,5)/q+1;/p-1. The van der Waals surface area contributed by atoms with Gasteiger partial charge in [-0.05, 0) is 13.3 Å². The number of hydrogen-bond donors (Lipinski definition) is 0.